The molecule has 1 aliphatic carbocycles. The molecular weight excluding hydrogens is 232 g/mol. The van der Waals surface area contributed by atoms with E-state index in [9.17, 15) is 4.79 Å². The molecule has 100 valence electrons. The number of carbonyl (C=O) groups is 1. The van der Waals surface area contributed by atoms with Crippen molar-refractivity contribution in [1.29, 1.82) is 0 Å². The highest BCUT2D eigenvalue weighted by Gasteiger charge is 2.23. The standard InChI is InChI=1S/C13H26O3Si/c1-10(17-16-13(2,3)4)12(14)15-11-8-6-5-7-9-11/h10-11H,5-9,17H2,1-4H3. The van der Waals surface area contributed by atoms with Crippen LogP contribution < -0.4 is 0 Å². The largest absolute Gasteiger partial charge is 0.462 e. The van der Waals surface area contributed by atoms with Gasteiger partial charge in [0, 0.05) is 5.60 Å². The molecule has 17 heavy (non-hydrogen) atoms. The van der Waals surface area contributed by atoms with Crippen molar-refractivity contribution in [3.8, 4) is 0 Å². The Morgan fingerprint density at radius 3 is 2.35 bits per heavy atom. The first-order chi connectivity index (χ1) is 7.88. The van der Waals surface area contributed by atoms with Gasteiger partial charge in [0.2, 0.25) is 0 Å². The van der Waals surface area contributed by atoms with E-state index < -0.39 is 9.76 Å². The van der Waals surface area contributed by atoms with Crippen LogP contribution in [0.4, 0.5) is 0 Å². The van der Waals surface area contributed by atoms with Gasteiger partial charge in [-0.1, -0.05) is 13.3 Å². The Bertz CT molecular complexity index is 242. The highest BCUT2D eigenvalue weighted by atomic mass is 28.2. The molecule has 0 aromatic heterocycles. The van der Waals surface area contributed by atoms with Crippen molar-refractivity contribution >= 4 is 15.7 Å². The predicted octanol–water partition coefficient (Wildman–Crippen LogP) is 2.57. The van der Waals surface area contributed by atoms with Crippen LogP contribution in [0.3, 0.4) is 0 Å². The molecule has 0 heterocycles. The number of ether oxygens (including phenoxy) is 1. The molecule has 1 aliphatic rings. The van der Waals surface area contributed by atoms with E-state index in [1.165, 1.54) is 19.3 Å². The van der Waals surface area contributed by atoms with Gasteiger partial charge in [0.15, 0.2) is 9.76 Å². The molecule has 4 heteroatoms. The van der Waals surface area contributed by atoms with Crippen LogP contribution in [0, 0.1) is 0 Å². The fourth-order valence-corrected chi connectivity index (χ4v) is 2.89. The first-order valence-corrected chi connectivity index (χ1v) is 8.12. The SMILES string of the molecule is CC([SiH2]OC(C)(C)C)C(=O)OC1CCCCC1. The monoisotopic (exact) mass is 258 g/mol. The van der Waals surface area contributed by atoms with Crippen LogP contribution in [-0.2, 0) is 14.0 Å². The van der Waals surface area contributed by atoms with Crippen molar-refractivity contribution in [1.82, 2.24) is 0 Å². The summed E-state index contributed by atoms with van der Waals surface area (Å²) in [6.45, 7) is 8.01. The summed E-state index contributed by atoms with van der Waals surface area (Å²) in [6.07, 6.45) is 5.93. The lowest BCUT2D eigenvalue weighted by Gasteiger charge is -2.25. The predicted molar refractivity (Wildman–Crippen MR) is 71.8 cm³/mol. The van der Waals surface area contributed by atoms with Gasteiger partial charge in [0.05, 0.1) is 5.54 Å². The Kier molecular flexibility index (Phi) is 5.66. The van der Waals surface area contributed by atoms with Crippen LogP contribution in [0.25, 0.3) is 0 Å². The summed E-state index contributed by atoms with van der Waals surface area (Å²) in [5.74, 6) is -0.0483. The Balaban J connectivity index is 2.26. The minimum Gasteiger partial charge on any atom is -0.462 e. The maximum absolute atomic E-state index is 11.9. The van der Waals surface area contributed by atoms with Crippen molar-refractivity contribution < 1.29 is 14.0 Å². The fourth-order valence-electron chi connectivity index (χ4n) is 1.91. The molecule has 1 unspecified atom stereocenters. The number of hydrogen-bond acceptors (Lipinski definition) is 3. The van der Waals surface area contributed by atoms with E-state index in [0.29, 0.717) is 0 Å². The maximum Gasteiger partial charge on any atom is 0.307 e. The summed E-state index contributed by atoms with van der Waals surface area (Å²) >= 11 is 0. The lowest BCUT2D eigenvalue weighted by Crippen LogP contribution is -2.29. The first kappa shape index (κ1) is 14.7. The van der Waals surface area contributed by atoms with E-state index in [1.807, 2.05) is 27.7 Å². The molecule has 0 spiro atoms. The van der Waals surface area contributed by atoms with Gasteiger partial charge in [0.1, 0.15) is 6.10 Å². The highest BCUT2D eigenvalue weighted by Crippen LogP contribution is 2.22. The fraction of sp³-hybridized carbons (Fsp3) is 0.923. The van der Waals surface area contributed by atoms with Gasteiger partial charge < -0.3 is 9.16 Å². The molecule has 1 saturated carbocycles. The number of hydrogen-bond donors (Lipinski definition) is 0. The van der Waals surface area contributed by atoms with Crippen molar-refractivity contribution in [3.63, 3.8) is 0 Å². The van der Waals surface area contributed by atoms with Crippen molar-refractivity contribution in [2.45, 2.75) is 77.0 Å². The van der Waals surface area contributed by atoms with Crippen molar-refractivity contribution in [2.75, 3.05) is 0 Å². The lowest BCUT2D eigenvalue weighted by molar-refractivity contribution is -0.150. The second-order valence-corrected chi connectivity index (χ2v) is 7.87. The molecule has 1 rings (SSSR count). The number of esters is 1. The van der Waals surface area contributed by atoms with E-state index in [1.54, 1.807) is 0 Å². The van der Waals surface area contributed by atoms with Gasteiger partial charge in [-0.05, 0) is 46.5 Å². The minimum atomic E-state index is -0.837. The zero-order chi connectivity index (χ0) is 12.9. The molecule has 0 aromatic carbocycles. The van der Waals surface area contributed by atoms with Crippen LogP contribution in [-0.4, -0.2) is 27.4 Å². The highest BCUT2D eigenvalue weighted by molar-refractivity contribution is 6.36. The summed E-state index contributed by atoms with van der Waals surface area (Å²) in [4.78, 5) is 11.9. The lowest BCUT2D eigenvalue weighted by atomic mass is 9.98. The van der Waals surface area contributed by atoms with Crippen LogP contribution in [0.2, 0.25) is 5.54 Å². The molecule has 0 bridgehead atoms. The minimum absolute atomic E-state index is 0.0313. The van der Waals surface area contributed by atoms with Crippen LogP contribution in [0.5, 0.6) is 0 Å². The normalized spacial score (nSPS) is 20.7. The second-order valence-electron chi connectivity index (χ2n) is 6.02. The first-order valence-electron chi connectivity index (χ1n) is 6.73. The second kappa shape index (κ2) is 6.54. The van der Waals surface area contributed by atoms with E-state index in [0.717, 1.165) is 12.8 Å². The molecule has 0 aromatic rings. The van der Waals surface area contributed by atoms with Gasteiger partial charge in [-0.25, -0.2) is 0 Å². The topological polar surface area (TPSA) is 35.5 Å². The summed E-state index contributed by atoms with van der Waals surface area (Å²) in [7, 11) is -0.837. The average molecular weight is 258 g/mol. The van der Waals surface area contributed by atoms with Gasteiger partial charge in [-0.3, -0.25) is 4.79 Å². The van der Waals surface area contributed by atoms with Gasteiger partial charge in [-0.15, -0.1) is 0 Å². The molecular formula is C13H26O3Si. The summed E-state index contributed by atoms with van der Waals surface area (Å²) in [5, 5.41) is 0. The van der Waals surface area contributed by atoms with Crippen molar-refractivity contribution in [2.24, 2.45) is 0 Å². The summed E-state index contributed by atoms with van der Waals surface area (Å²) in [5.41, 5.74) is -0.165. The third kappa shape index (κ3) is 6.22. The molecule has 3 nitrogen and oxygen atoms in total. The molecule has 0 radical (unpaired) electrons. The Morgan fingerprint density at radius 2 is 1.82 bits per heavy atom. The average Bonchev–Trinajstić information content (AvgIpc) is 2.26. The molecule has 0 aliphatic heterocycles. The molecule has 0 saturated heterocycles. The zero-order valence-electron chi connectivity index (χ0n) is 11.6. The molecule has 0 amide bonds. The van der Waals surface area contributed by atoms with Gasteiger partial charge in [0.25, 0.3) is 0 Å². The van der Waals surface area contributed by atoms with Crippen LogP contribution in [0.1, 0.15) is 59.8 Å². The quantitative estimate of drug-likeness (QED) is 0.574. The van der Waals surface area contributed by atoms with Gasteiger partial charge in [-0.2, -0.15) is 0 Å². The molecule has 1 atom stereocenters. The van der Waals surface area contributed by atoms with E-state index in [-0.39, 0.29) is 23.2 Å². The van der Waals surface area contributed by atoms with Crippen LogP contribution in [0.15, 0.2) is 0 Å². The number of rotatable bonds is 4. The Hall–Kier alpha value is -0.353. The van der Waals surface area contributed by atoms with E-state index >= 15 is 0 Å². The smallest absolute Gasteiger partial charge is 0.307 e. The van der Waals surface area contributed by atoms with Gasteiger partial charge >= 0.3 is 5.97 Å². The third-order valence-corrected chi connectivity index (χ3v) is 4.87. The number of carbonyl (C=O) groups excluding carboxylic acids is 1. The summed E-state index contributed by atoms with van der Waals surface area (Å²) < 4.78 is 11.3. The molecule has 0 N–H and O–H groups in total. The Labute approximate surface area is 107 Å². The van der Waals surface area contributed by atoms with Crippen LogP contribution >= 0.6 is 0 Å². The molecule has 1 fully saturated rings. The Morgan fingerprint density at radius 1 is 1.24 bits per heavy atom. The van der Waals surface area contributed by atoms with E-state index in [4.69, 9.17) is 9.16 Å². The maximum atomic E-state index is 11.9. The van der Waals surface area contributed by atoms with E-state index in [2.05, 4.69) is 0 Å². The summed E-state index contributed by atoms with van der Waals surface area (Å²) in [6, 6.07) is 0. The third-order valence-electron chi connectivity index (χ3n) is 3.00. The zero-order valence-corrected chi connectivity index (χ0v) is 13.0. The van der Waals surface area contributed by atoms with Crippen molar-refractivity contribution in [3.05, 3.63) is 0 Å².